The lowest BCUT2D eigenvalue weighted by Gasteiger charge is -2.17. The lowest BCUT2D eigenvalue weighted by atomic mass is 9.99. The molecule has 2 nitrogen and oxygen atoms in total. The van der Waals surface area contributed by atoms with Crippen LogP contribution in [0.4, 0.5) is 0 Å². The zero-order valence-electron chi connectivity index (χ0n) is 12.2. The van der Waals surface area contributed by atoms with E-state index in [0.29, 0.717) is 16.1 Å². The van der Waals surface area contributed by atoms with Crippen LogP contribution in [-0.2, 0) is 12.8 Å². The predicted molar refractivity (Wildman–Crippen MR) is 89.7 cm³/mol. The van der Waals surface area contributed by atoms with E-state index in [2.05, 4.69) is 17.4 Å². The van der Waals surface area contributed by atoms with Crippen molar-refractivity contribution in [2.24, 2.45) is 0 Å². The van der Waals surface area contributed by atoms with Crippen molar-refractivity contribution in [3.63, 3.8) is 0 Å². The van der Waals surface area contributed by atoms with E-state index in [1.165, 1.54) is 11.1 Å². The summed E-state index contributed by atoms with van der Waals surface area (Å²) in [6, 6.07) is 14.3. The molecule has 0 spiro atoms. The third-order valence-electron chi connectivity index (χ3n) is 3.52. The molecule has 21 heavy (non-hydrogen) atoms. The monoisotopic (exact) mass is 323 g/mol. The van der Waals surface area contributed by atoms with E-state index >= 15 is 0 Å². The molecule has 2 aromatic carbocycles. The number of hydrogen-bond acceptors (Lipinski definition) is 2. The maximum atomic E-state index is 6.07. The van der Waals surface area contributed by atoms with E-state index in [-0.39, 0.29) is 0 Å². The Labute approximate surface area is 136 Å². The van der Waals surface area contributed by atoms with Crippen LogP contribution in [0, 0.1) is 0 Å². The minimum Gasteiger partial charge on any atom is -0.497 e. The Balaban J connectivity index is 2.03. The second kappa shape index (κ2) is 7.69. The summed E-state index contributed by atoms with van der Waals surface area (Å²) >= 11 is 12.0. The average Bonchev–Trinajstić information content (AvgIpc) is 2.51. The molecule has 0 saturated carbocycles. The SMILES string of the molecule is CNC(Cc1ccc(OC)cc1)Cc1ccc(Cl)c(Cl)c1. The zero-order valence-corrected chi connectivity index (χ0v) is 13.7. The van der Waals surface area contributed by atoms with Crippen molar-refractivity contribution in [3.05, 3.63) is 63.6 Å². The third kappa shape index (κ3) is 4.63. The highest BCUT2D eigenvalue weighted by molar-refractivity contribution is 6.42. The normalized spacial score (nSPS) is 12.2. The maximum Gasteiger partial charge on any atom is 0.118 e. The molecule has 0 bridgehead atoms. The standard InChI is InChI=1S/C17H19Cl2NO/c1-20-14(9-12-3-6-15(21-2)7-4-12)10-13-5-8-16(18)17(19)11-13/h3-8,11,14,20H,9-10H2,1-2H3. The van der Waals surface area contributed by atoms with Crippen molar-refractivity contribution in [2.75, 3.05) is 14.2 Å². The number of likely N-dealkylation sites (N-methyl/N-ethyl adjacent to an activating group) is 1. The molecule has 0 aliphatic rings. The predicted octanol–water partition coefficient (Wildman–Crippen LogP) is 4.38. The van der Waals surface area contributed by atoms with Gasteiger partial charge in [0.15, 0.2) is 0 Å². The van der Waals surface area contributed by atoms with E-state index in [4.69, 9.17) is 27.9 Å². The van der Waals surface area contributed by atoms with Gasteiger partial charge in [0.1, 0.15) is 5.75 Å². The number of rotatable bonds is 6. The van der Waals surface area contributed by atoms with Crippen molar-refractivity contribution in [1.82, 2.24) is 5.32 Å². The van der Waals surface area contributed by atoms with E-state index in [1.54, 1.807) is 7.11 Å². The molecule has 0 aliphatic carbocycles. The molecule has 0 saturated heterocycles. The van der Waals surface area contributed by atoms with Crippen LogP contribution in [0.25, 0.3) is 0 Å². The molecule has 1 atom stereocenters. The van der Waals surface area contributed by atoms with Gasteiger partial charge in [0, 0.05) is 6.04 Å². The molecule has 112 valence electrons. The topological polar surface area (TPSA) is 21.3 Å². The van der Waals surface area contributed by atoms with Gasteiger partial charge in [0.2, 0.25) is 0 Å². The molecule has 2 aromatic rings. The van der Waals surface area contributed by atoms with Crippen LogP contribution >= 0.6 is 23.2 Å². The third-order valence-corrected chi connectivity index (χ3v) is 4.25. The second-order valence-electron chi connectivity index (χ2n) is 4.99. The molecule has 0 amide bonds. The van der Waals surface area contributed by atoms with Crippen LogP contribution in [0.15, 0.2) is 42.5 Å². The first kappa shape index (κ1) is 16.2. The first-order valence-corrected chi connectivity index (χ1v) is 7.62. The van der Waals surface area contributed by atoms with Crippen molar-refractivity contribution in [1.29, 1.82) is 0 Å². The summed E-state index contributed by atoms with van der Waals surface area (Å²) in [5.41, 5.74) is 2.45. The summed E-state index contributed by atoms with van der Waals surface area (Å²) in [6.07, 6.45) is 1.85. The quantitative estimate of drug-likeness (QED) is 0.852. The lowest BCUT2D eigenvalue weighted by Crippen LogP contribution is -2.29. The van der Waals surface area contributed by atoms with Gasteiger partial charge in [0.25, 0.3) is 0 Å². The Hall–Kier alpha value is -1.22. The number of methoxy groups -OCH3 is 1. The molecule has 0 fully saturated rings. The molecule has 4 heteroatoms. The minimum absolute atomic E-state index is 0.343. The lowest BCUT2D eigenvalue weighted by molar-refractivity contribution is 0.414. The summed E-state index contributed by atoms with van der Waals surface area (Å²) < 4.78 is 5.18. The summed E-state index contributed by atoms with van der Waals surface area (Å²) in [6.45, 7) is 0. The number of benzene rings is 2. The Morgan fingerprint density at radius 2 is 1.57 bits per heavy atom. The molecule has 1 N–H and O–H groups in total. The number of halogens is 2. The first-order valence-electron chi connectivity index (χ1n) is 6.86. The van der Waals surface area contributed by atoms with Crippen LogP contribution in [0.5, 0.6) is 5.75 Å². The van der Waals surface area contributed by atoms with Crippen LogP contribution in [-0.4, -0.2) is 20.2 Å². The Morgan fingerprint density at radius 1 is 0.952 bits per heavy atom. The van der Waals surface area contributed by atoms with Gasteiger partial charge >= 0.3 is 0 Å². The van der Waals surface area contributed by atoms with Crippen molar-refractivity contribution < 1.29 is 4.74 Å². The fraction of sp³-hybridized carbons (Fsp3) is 0.294. The van der Waals surface area contributed by atoms with Crippen molar-refractivity contribution >= 4 is 23.2 Å². The molecule has 0 heterocycles. The molecular formula is C17H19Cl2NO. The summed E-state index contributed by atoms with van der Waals surface area (Å²) in [5, 5.41) is 4.55. The smallest absolute Gasteiger partial charge is 0.118 e. The van der Waals surface area contributed by atoms with E-state index < -0.39 is 0 Å². The van der Waals surface area contributed by atoms with Gasteiger partial charge in [-0.15, -0.1) is 0 Å². The number of nitrogens with one attached hydrogen (secondary N) is 1. The Morgan fingerprint density at radius 3 is 2.14 bits per heavy atom. The van der Waals surface area contributed by atoms with Gasteiger partial charge in [-0.25, -0.2) is 0 Å². The highest BCUT2D eigenvalue weighted by Gasteiger charge is 2.10. The number of hydrogen-bond donors (Lipinski definition) is 1. The molecule has 1 unspecified atom stereocenters. The average molecular weight is 324 g/mol. The molecular weight excluding hydrogens is 305 g/mol. The van der Waals surface area contributed by atoms with Gasteiger partial charge in [-0.1, -0.05) is 41.4 Å². The second-order valence-corrected chi connectivity index (χ2v) is 5.80. The molecule has 0 aromatic heterocycles. The summed E-state index contributed by atoms with van der Waals surface area (Å²) in [5.74, 6) is 0.879. The number of ether oxygens (including phenoxy) is 1. The summed E-state index contributed by atoms with van der Waals surface area (Å²) in [4.78, 5) is 0. The fourth-order valence-electron chi connectivity index (χ4n) is 2.27. The van der Waals surface area contributed by atoms with Gasteiger partial charge in [-0.05, 0) is 55.3 Å². The van der Waals surface area contributed by atoms with Gasteiger partial charge in [0.05, 0.1) is 17.2 Å². The van der Waals surface area contributed by atoms with E-state index in [1.807, 2.05) is 37.4 Å². The van der Waals surface area contributed by atoms with E-state index in [9.17, 15) is 0 Å². The molecule has 0 radical (unpaired) electrons. The summed E-state index contributed by atoms with van der Waals surface area (Å²) in [7, 11) is 3.65. The van der Waals surface area contributed by atoms with Crippen molar-refractivity contribution in [3.8, 4) is 5.75 Å². The van der Waals surface area contributed by atoms with Crippen LogP contribution in [0.2, 0.25) is 10.0 Å². The van der Waals surface area contributed by atoms with Gasteiger partial charge in [-0.2, -0.15) is 0 Å². The van der Waals surface area contributed by atoms with Crippen LogP contribution in [0.1, 0.15) is 11.1 Å². The Kier molecular flexibility index (Phi) is 5.92. The van der Waals surface area contributed by atoms with E-state index in [0.717, 1.165) is 18.6 Å². The fourth-order valence-corrected chi connectivity index (χ4v) is 2.59. The van der Waals surface area contributed by atoms with Crippen molar-refractivity contribution in [2.45, 2.75) is 18.9 Å². The molecule has 0 aliphatic heterocycles. The van der Waals surface area contributed by atoms with Crippen LogP contribution in [0.3, 0.4) is 0 Å². The minimum atomic E-state index is 0.343. The highest BCUT2D eigenvalue weighted by atomic mass is 35.5. The zero-order chi connectivity index (χ0) is 15.2. The largest absolute Gasteiger partial charge is 0.497 e. The first-order chi connectivity index (χ1) is 10.1. The maximum absolute atomic E-state index is 6.07. The van der Waals surface area contributed by atoms with Crippen LogP contribution < -0.4 is 10.1 Å². The highest BCUT2D eigenvalue weighted by Crippen LogP contribution is 2.23. The van der Waals surface area contributed by atoms with Gasteiger partial charge < -0.3 is 10.1 Å². The molecule has 2 rings (SSSR count). The Bertz CT molecular complexity index is 584. The van der Waals surface area contributed by atoms with Gasteiger partial charge in [-0.3, -0.25) is 0 Å².